The first-order chi connectivity index (χ1) is 8.81. The second-order valence-electron chi connectivity index (χ2n) is 3.86. The fourth-order valence-electron chi connectivity index (χ4n) is 1.60. The Kier molecular flexibility index (Phi) is 6.83. The van der Waals surface area contributed by atoms with Crippen LogP contribution in [0.4, 0.5) is 5.69 Å². The van der Waals surface area contributed by atoms with Crippen molar-refractivity contribution in [2.75, 3.05) is 25.6 Å². The number of hydrogen-bond acceptors (Lipinski definition) is 3. The SMILES string of the molecule is CCc1ccccc1NC(=NCCCOC)NN. The van der Waals surface area contributed by atoms with E-state index in [1.165, 1.54) is 5.56 Å². The summed E-state index contributed by atoms with van der Waals surface area (Å²) in [7, 11) is 1.68. The van der Waals surface area contributed by atoms with Crippen LogP contribution in [0.15, 0.2) is 29.3 Å². The third-order valence-electron chi connectivity index (χ3n) is 2.56. The molecule has 1 aromatic carbocycles. The number of nitrogens with one attached hydrogen (secondary N) is 2. The van der Waals surface area contributed by atoms with Crippen molar-refractivity contribution in [2.45, 2.75) is 19.8 Å². The van der Waals surface area contributed by atoms with Crippen LogP contribution in [0.2, 0.25) is 0 Å². The number of nitrogens with two attached hydrogens (primary N) is 1. The van der Waals surface area contributed by atoms with Gasteiger partial charge in [0.2, 0.25) is 5.96 Å². The van der Waals surface area contributed by atoms with Crippen LogP contribution < -0.4 is 16.6 Å². The molecule has 100 valence electrons. The Bertz CT molecular complexity index is 379. The van der Waals surface area contributed by atoms with Gasteiger partial charge in [0.05, 0.1) is 0 Å². The number of hydrogen-bond donors (Lipinski definition) is 3. The van der Waals surface area contributed by atoms with Gasteiger partial charge in [-0.05, 0) is 24.5 Å². The molecule has 0 radical (unpaired) electrons. The van der Waals surface area contributed by atoms with Crippen LogP contribution in [-0.4, -0.2) is 26.2 Å². The van der Waals surface area contributed by atoms with Crippen LogP contribution in [0, 0.1) is 0 Å². The number of nitrogens with zero attached hydrogens (tertiary/aromatic N) is 1. The molecular formula is C13H22N4O. The molecular weight excluding hydrogens is 228 g/mol. The van der Waals surface area contributed by atoms with Gasteiger partial charge >= 0.3 is 0 Å². The lowest BCUT2D eigenvalue weighted by Crippen LogP contribution is -2.36. The quantitative estimate of drug-likeness (QED) is 0.235. The molecule has 1 aromatic rings. The van der Waals surface area contributed by atoms with Gasteiger partial charge in [0.25, 0.3) is 0 Å². The van der Waals surface area contributed by atoms with Gasteiger partial charge in [-0.25, -0.2) is 5.84 Å². The van der Waals surface area contributed by atoms with Gasteiger partial charge < -0.3 is 10.1 Å². The molecule has 0 unspecified atom stereocenters. The Balaban J connectivity index is 2.61. The fraction of sp³-hybridized carbons (Fsp3) is 0.462. The zero-order valence-electron chi connectivity index (χ0n) is 11.1. The summed E-state index contributed by atoms with van der Waals surface area (Å²) in [6.45, 7) is 3.49. The van der Waals surface area contributed by atoms with E-state index in [9.17, 15) is 0 Å². The van der Waals surface area contributed by atoms with Crippen LogP contribution in [-0.2, 0) is 11.2 Å². The summed E-state index contributed by atoms with van der Waals surface area (Å²) in [4.78, 5) is 4.34. The highest BCUT2D eigenvalue weighted by Gasteiger charge is 2.02. The molecule has 0 heterocycles. The summed E-state index contributed by atoms with van der Waals surface area (Å²) in [5, 5.41) is 3.20. The molecule has 1 rings (SSSR count). The first-order valence-electron chi connectivity index (χ1n) is 6.16. The van der Waals surface area contributed by atoms with E-state index in [0.29, 0.717) is 19.1 Å². The summed E-state index contributed by atoms with van der Waals surface area (Å²) in [5.41, 5.74) is 4.84. The van der Waals surface area contributed by atoms with E-state index in [2.05, 4.69) is 28.7 Å². The summed E-state index contributed by atoms with van der Waals surface area (Å²) in [5.74, 6) is 6.03. The first-order valence-corrected chi connectivity index (χ1v) is 6.16. The second-order valence-corrected chi connectivity index (χ2v) is 3.86. The van der Waals surface area contributed by atoms with Gasteiger partial charge in [0.15, 0.2) is 0 Å². The molecule has 4 N–H and O–H groups in total. The van der Waals surface area contributed by atoms with Crippen molar-refractivity contribution >= 4 is 11.6 Å². The molecule has 5 nitrogen and oxygen atoms in total. The monoisotopic (exact) mass is 250 g/mol. The van der Waals surface area contributed by atoms with Crippen molar-refractivity contribution in [3.05, 3.63) is 29.8 Å². The Morgan fingerprint density at radius 3 is 2.83 bits per heavy atom. The molecule has 0 aromatic heterocycles. The van der Waals surface area contributed by atoms with Crippen molar-refractivity contribution in [1.29, 1.82) is 0 Å². The van der Waals surface area contributed by atoms with E-state index < -0.39 is 0 Å². The average molecular weight is 250 g/mol. The second kappa shape index (κ2) is 8.49. The minimum Gasteiger partial charge on any atom is -0.385 e. The van der Waals surface area contributed by atoms with Crippen LogP contribution in [0.1, 0.15) is 18.9 Å². The molecule has 0 saturated heterocycles. The lowest BCUT2D eigenvalue weighted by molar-refractivity contribution is 0.197. The third-order valence-corrected chi connectivity index (χ3v) is 2.56. The van der Waals surface area contributed by atoms with E-state index >= 15 is 0 Å². The predicted octanol–water partition coefficient (Wildman–Crippen LogP) is 1.52. The predicted molar refractivity (Wildman–Crippen MR) is 75.6 cm³/mol. The summed E-state index contributed by atoms with van der Waals surface area (Å²) in [6.07, 6.45) is 1.84. The summed E-state index contributed by atoms with van der Waals surface area (Å²) < 4.78 is 4.97. The number of methoxy groups -OCH3 is 1. The van der Waals surface area contributed by atoms with Crippen LogP contribution in [0.5, 0.6) is 0 Å². The number of aryl methyl sites for hydroxylation is 1. The van der Waals surface area contributed by atoms with Crippen molar-refractivity contribution in [3.8, 4) is 0 Å². The Morgan fingerprint density at radius 2 is 2.17 bits per heavy atom. The fourth-order valence-corrected chi connectivity index (χ4v) is 1.60. The molecule has 0 fully saturated rings. The molecule has 0 amide bonds. The number of ether oxygens (including phenoxy) is 1. The maximum atomic E-state index is 5.45. The van der Waals surface area contributed by atoms with Gasteiger partial charge in [0, 0.05) is 25.9 Å². The van der Waals surface area contributed by atoms with Crippen molar-refractivity contribution in [1.82, 2.24) is 5.43 Å². The molecule has 0 bridgehead atoms. The largest absolute Gasteiger partial charge is 0.385 e. The number of para-hydroxylation sites is 1. The molecule has 0 spiro atoms. The zero-order chi connectivity index (χ0) is 13.2. The maximum absolute atomic E-state index is 5.45. The molecule has 0 saturated carbocycles. The number of guanidine groups is 1. The first kappa shape index (κ1) is 14.5. The number of aliphatic imine (C=N–C) groups is 1. The highest BCUT2D eigenvalue weighted by molar-refractivity contribution is 5.93. The van der Waals surface area contributed by atoms with E-state index in [4.69, 9.17) is 10.6 Å². The molecule has 0 aliphatic carbocycles. The van der Waals surface area contributed by atoms with Gasteiger partial charge in [-0.1, -0.05) is 25.1 Å². The number of anilines is 1. The third kappa shape index (κ3) is 4.73. The summed E-state index contributed by atoms with van der Waals surface area (Å²) >= 11 is 0. The molecule has 0 atom stereocenters. The van der Waals surface area contributed by atoms with E-state index in [0.717, 1.165) is 18.5 Å². The lowest BCUT2D eigenvalue weighted by atomic mass is 10.1. The molecule has 18 heavy (non-hydrogen) atoms. The van der Waals surface area contributed by atoms with Gasteiger partial charge in [-0.3, -0.25) is 10.4 Å². The normalized spacial score (nSPS) is 11.4. The molecule has 5 heteroatoms. The lowest BCUT2D eigenvalue weighted by Gasteiger charge is -2.12. The van der Waals surface area contributed by atoms with Gasteiger partial charge in [0.1, 0.15) is 0 Å². The smallest absolute Gasteiger partial charge is 0.210 e. The molecule has 0 aliphatic rings. The van der Waals surface area contributed by atoms with E-state index in [1.54, 1.807) is 7.11 Å². The maximum Gasteiger partial charge on any atom is 0.210 e. The zero-order valence-corrected chi connectivity index (χ0v) is 11.1. The van der Waals surface area contributed by atoms with Crippen molar-refractivity contribution < 1.29 is 4.74 Å². The van der Waals surface area contributed by atoms with Gasteiger partial charge in [-0.2, -0.15) is 0 Å². The molecule has 0 aliphatic heterocycles. The minimum absolute atomic E-state index is 0.576. The van der Waals surface area contributed by atoms with Crippen molar-refractivity contribution in [3.63, 3.8) is 0 Å². The summed E-state index contributed by atoms with van der Waals surface area (Å²) in [6, 6.07) is 8.11. The van der Waals surface area contributed by atoms with Gasteiger partial charge in [-0.15, -0.1) is 0 Å². The Morgan fingerprint density at radius 1 is 1.39 bits per heavy atom. The van der Waals surface area contributed by atoms with Crippen LogP contribution in [0.3, 0.4) is 0 Å². The van der Waals surface area contributed by atoms with Crippen LogP contribution in [0.25, 0.3) is 0 Å². The average Bonchev–Trinajstić information content (AvgIpc) is 2.42. The Hall–Kier alpha value is -1.59. The van der Waals surface area contributed by atoms with E-state index in [-0.39, 0.29) is 0 Å². The topological polar surface area (TPSA) is 71.7 Å². The highest BCUT2D eigenvalue weighted by atomic mass is 16.5. The van der Waals surface area contributed by atoms with E-state index in [1.807, 2.05) is 18.2 Å². The number of rotatable bonds is 6. The van der Waals surface area contributed by atoms with Crippen molar-refractivity contribution in [2.24, 2.45) is 10.8 Å². The van der Waals surface area contributed by atoms with Crippen LogP contribution >= 0.6 is 0 Å². The highest BCUT2D eigenvalue weighted by Crippen LogP contribution is 2.14. The number of hydrazine groups is 1. The minimum atomic E-state index is 0.576. The Labute approximate surface area is 108 Å². The number of benzene rings is 1. The standard InChI is InChI=1S/C13H22N4O/c1-3-11-7-4-5-8-12(11)16-13(17-14)15-9-6-10-18-2/h4-5,7-8H,3,6,9-10,14H2,1-2H3,(H2,15,16,17).